The quantitative estimate of drug-likeness (QED) is 0.827. The smallest absolute Gasteiger partial charge is 0.341 e. The minimum absolute atomic E-state index is 0.335. The van der Waals surface area contributed by atoms with Crippen molar-refractivity contribution in [3.8, 4) is 5.75 Å². The first-order valence-corrected chi connectivity index (χ1v) is 7.17. The van der Waals surface area contributed by atoms with E-state index >= 15 is 0 Å². The van der Waals surface area contributed by atoms with Crippen LogP contribution >= 0.6 is 0 Å². The van der Waals surface area contributed by atoms with Crippen molar-refractivity contribution in [3.05, 3.63) is 30.0 Å². The molecular weight excluding hydrogens is 268 g/mol. The molecule has 1 heterocycles. The van der Waals surface area contributed by atoms with Gasteiger partial charge in [-0.2, -0.15) is 0 Å². The molecule has 1 N–H and O–H groups in total. The molecule has 0 amide bonds. The fourth-order valence-electron chi connectivity index (χ4n) is 2.16. The number of esters is 1. The molecule has 0 unspecified atom stereocenters. The van der Waals surface area contributed by atoms with Gasteiger partial charge in [-0.1, -0.05) is 0 Å². The Hall–Kier alpha value is -2.30. The van der Waals surface area contributed by atoms with Gasteiger partial charge in [0, 0.05) is 18.1 Å². The van der Waals surface area contributed by atoms with E-state index in [0.29, 0.717) is 25.3 Å². The maximum Gasteiger partial charge on any atom is 0.341 e. The molecule has 0 saturated heterocycles. The van der Waals surface area contributed by atoms with Gasteiger partial charge in [0.15, 0.2) is 0 Å². The average Bonchev–Trinajstić information content (AvgIpc) is 2.48. The van der Waals surface area contributed by atoms with Crippen molar-refractivity contribution >= 4 is 22.6 Å². The van der Waals surface area contributed by atoms with Gasteiger partial charge >= 0.3 is 5.97 Å². The van der Waals surface area contributed by atoms with Gasteiger partial charge in [-0.15, -0.1) is 0 Å². The van der Waals surface area contributed by atoms with Crippen LogP contribution in [0.15, 0.2) is 24.4 Å². The summed E-state index contributed by atoms with van der Waals surface area (Å²) in [6, 6.07) is 5.65. The lowest BCUT2D eigenvalue weighted by molar-refractivity contribution is 0.0527. The van der Waals surface area contributed by atoms with Crippen LogP contribution < -0.4 is 10.1 Å². The van der Waals surface area contributed by atoms with Crippen LogP contribution in [0, 0.1) is 0 Å². The zero-order chi connectivity index (χ0) is 15.2. The van der Waals surface area contributed by atoms with Crippen molar-refractivity contribution in [1.29, 1.82) is 0 Å². The highest BCUT2D eigenvalue weighted by Crippen LogP contribution is 2.29. The second-order valence-electron chi connectivity index (χ2n) is 4.41. The van der Waals surface area contributed by atoms with E-state index in [0.717, 1.165) is 22.3 Å². The third-order valence-electron chi connectivity index (χ3n) is 3.00. The molecule has 0 atom stereocenters. The molecule has 21 heavy (non-hydrogen) atoms. The maximum absolute atomic E-state index is 12.1. The third-order valence-corrected chi connectivity index (χ3v) is 3.00. The molecule has 0 aliphatic heterocycles. The van der Waals surface area contributed by atoms with Crippen LogP contribution in [0.25, 0.3) is 10.9 Å². The second-order valence-corrected chi connectivity index (χ2v) is 4.41. The average molecular weight is 288 g/mol. The minimum Gasteiger partial charge on any atom is -0.494 e. The van der Waals surface area contributed by atoms with Gasteiger partial charge in [0.1, 0.15) is 11.3 Å². The summed E-state index contributed by atoms with van der Waals surface area (Å²) >= 11 is 0. The van der Waals surface area contributed by atoms with E-state index < -0.39 is 0 Å². The summed E-state index contributed by atoms with van der Waals surface area (Å²) in [5.74, 6) is 0.386. The minimum atomic E-state index is -0.371. The monoisotopic (exact) mass is 288 g/mol. The number of benzene rings is 1. The van der Waals surface area contributed by atoms with Crippen LogP contribution in [0.3, 0.4) is 0 Å². The number of anilines is 1. The van der Waals surface area contributed by atoms with Crippen molar-refractivity contribution in [2.45, 2.75) is 20.8 Å². The summed E-state index contributed by atoms with van der Waals surface area (Å²) in [5, 5.41) is 4.09. The molecule has 5 nitrogen and oxygen atoms in total. The molecule has 2 rings (SSSR count). The first-order chi connectivity index (χ1) is 10.2. The number of rotatable bonds is 6. The molecule has 112 valence electrons. The standard InChI is InChI=1S/C16H20N2O3/c1-4-17-15-12-9-11(20-5-2)7-8-14(12)18-10-13(15)16(19)21-6-3/h7-10H,4-6H2,1-3H3,(H,17,18). The Morgan fingerprint density at radius 3 is 2.71 bits per heavy atom. The molecule has 2 aromatic rings. The maximum atomic E-state index is 12.1. The van der Waals surface area contributed by atoms with E-state index in [9.17, 15) is 4.79 Å². The Balaban J connectivity index is 2.58. The van der Waals surface area contributed by atoms with Crippen LogP contribution in [0.4, 0.5) is 5.69 Å². The van der Waals surface area contributed by atoms with Gasteiger partial charge < -0.3 is 14.8 Å². The number of hydrogen-bond donors (Lipinski definition) is 1. The Kier molecular flexibility index (Phi) is 4.98. The van der Waals surface area contributed by atoms with Crippen LogP contribution in [0.5, 0.6) is 5.75 Å². The molecule has 0 aliphatic rings. The molecular formula is C16H20N2O3. The van der Waals surface area contributed by atoms with Gasteiger partial charge in [0.05, 0.1) is 24.4 Å². The van der Waals surface area contributed by atoms with Gasteiger partial charge in [0.25, 0.3) is 0 Å². The fourth-order valence-corrected chi connectivity index (χ4v) is 2.16. The predicted molar refractivity (Wildman–Crippen MR) is 83.0 cm³/mol. The number of carbonyl (C=O) groups excluding carboxylic acids is 1. The van der Waals surface area contributed by atoms with Crippen molar-refractivity contribution in [1.82, 2.24) is 4.98 Å². The number of nitrogens with zero attached hydrogens (tertiary/aromatic N) is 1. The highest BCUT2D eigenvalue weighted by molar-refractivity contribution is 6.05. The molecule has 0 radical (unpaired) electrons. The normalized spacial score (nSPS) is 10.4. The Labute approximate surface area is 124 Å². The molecule has 0 bridgehead atoms. The fraction of sp³-hybridized carbons (Fsp3) is 0.375. The number of aromatic nitrogens is 1. The lowest BCUT2D eigenvalue weighted by atomic mass is 10.1. The van der Waals surface area contributed by atoms with Gasteiger partial charge in [-0.05, 0) is 39.0 Å². The summed E-state index contributed by atoms with van der Waals surface area (Å²) in [5.41, 5.74) is 1.99. The zero-order valence-electron chi connectivity index (χ0n) is 12.6. The lowest BCUT2D eigenvalue weighted by Gasteiger charge is -2.13. The van der Waals surface area contributed by atoms with E-state index in [1.54, 1.807) is 13.1 Å². The summed E-state index contributed by atoms with van der Waals surface area (Å²) in [4.78, 5) is 16.4. The van der Waals surface area contributed by atoms with Gasteiger partial charge in [0.2, 0.25) is 0 Å². The topological polar surface area (TPSA) is 60.5 Å². The number of pyridine rings is 1. The molecule has 0 fully saturated rings. The second kappa shape index (κ2) is 6.92. The van der Waals surface area contributed by atoms with E-state index in [2.05, 4.69) is 10.3 Å². The van der Waals surface area contributed by atoms with Gasteiger partial charge in [-0.3, -0.25) is 4.98 Å². The summed E-state index contributed by atoms with van der Waals surface area (Å²) in [6.07, 6.45) is 1.55. The first-order valence-electron chi connectivity index (χ1n) is 7.17. The highest BCUT2D eigenvalue weighted by Gasteiger charge is 2.16. The Morgan fingerprint density at radius 1 is 1.24 bits per heavy atom. The van der Waals surface area contributed by atoms with E-state index in [1.165, 1.54) is 0 Å². The van der Waals surface area contributed by atoms with Crippen molar-refractivity contribution in [3.63, 3.8) is 0 Å². The van der Waals surface area contributed by atoms with Crippen LogP contribution in [0.1, 0.15) is 31.1 Å². The number of nitrogens with one attached hydrogen (secondary N) is 1. The van der Waals surface area contributed by atoms with Crippen molar-refractivity contribution in [2.24, 2.45) is 0 Å². The van der Waals surface area contributed by atoms with Crippen LogP contribution in [-0.2, 0) is 4.74 Å². The van der Waals surface area contributed by atoms with Crippen molar-refractivity contribution < 1.29 is 14.3 Å². The Morgan fingerprint density at radius 2 is 2.05 bits per heavy atom. The number of carbonyl (C=O) groups is 1. The van der Waals surface area contributed by atoms with Crippen molar-refractivity contribution in [2.75, 3.05) is 25.1 Å². The largest absolute Gasteiger partial charge is 0.494 e. The van der Waals surface area contributed by atoms with E-state index in [-0.39, 0.29) is 5.97 Å². The first kappa shape index (κ1) is 15.1. The SMILES string of the molecule is CCNc1c(C(=O)OCC)cnc2ccc(OCC)cc12. The summed E-state index contributed by atoms with van der Waals surface area (Å²) in [6.45, 7) is 7.32. The number of ether oxygens (including phenoxy) is 2. The van der Waals surface area contributed by atoms with Gasteiger partial charge in [-0.25, -0.2) is 4.79 Å². The van der Waals surface area contributed by atoms with Crippen LogP contribution in [-0.4, -0.2) is 30.7 Å². The third kappa shape index (κ3) is 3.24. The Bertz CT molecular complexity index is 641. The molecule has 1 aromatic carbocycles. The molecule has 0 spiro atoms. The van der Waals surface area contributed by atoms with Crippen LogP contribution in [0.2, 0.25) is 0 Å². The predicted octanol–water partition coefficient (Wildman–Crippen LogP) is 3.24. The summed E-state index contributed by atoms with van der Waals surface area (Å²) < 4.78 is 10.6. The molecule has 5 heteroatoms. The van der Waals surface area contributed by atoms with E-state index in [1.807, 2.05) is 32.0 Å². The zero-order valence-corrected chi connectivity index (χ0v) is 12.6. The number of hydrogen-bond acceptors (Lipinski definition) is 5. The molecule has 0 saturated carbocycles. The summed E-state index contributed by atoms with van der Waals surface area (Å²) in [7, 11) is 0. The molecule has 0 aliphatic carbocycles. The molecule has 1 aromatic heterocycles. The number of fused-ring (bicyclic) bond motifs is 1. The highest BCUT2D eigenvalue weighted by atomic mass is 16.5. The van der Waals surface area contributed by atoms with E-state index in [4.69, 9.17) is 9.47 Å². The lowest BCUT2D eigenvalue weighted by Crippen LogP contribution is -2.11.